The van der Waals surface area contributed by atoms with Crippen molar-refractivity contribution in [3.63, 3.8) is 0 Å². The summed E-state index contributed by atoms with van der Waals surface area (Å²) >= 11 is 12.0. The summed E-state index contributed by atoms with van der Waals surface area (Å²) in [5.74, 6) is -0.304. The second kappa shape index (κ2) is 7.66. The molecule has 3 nitrogen and oxygen atoms in total. The van der Waals surface area contributed by atoms with E-state index in [1.807, 2.05) is 0 Å². The molecule has 0 aliphatic carbocycles. The average molecular weight is 356 g/mol. The van der Waals surface area contributed by atoms with Gasteiger partial charge in [0.05, 0.1) is 5.02 Å². The molecule has 23 heavy (non-hydrogen) atoms. The van der Waals surface area contributed by atoms with E-state index in [2.05, 4.69) is 0 Å². The molecule has 0 aliphatic rings. The van der Waals surface area contributed by atoms with Crippen LogP contribution in [0.3, 0.4) is 0 Å². The Labute approximate surface area is 144 Å². The summed E-state index contributed by atoms with van der Waals surface area (Å²) in [5.41, 5.74) is 0.441. The summed E-state index contributed by atoms with van der Waals surface area (Å²) in [6.45, 7) is 1.76. The van der Waals surface area contributed by atoms with Gasteiger partial charge in [-0.3, -0.25) is 4.79 Å². The molecule has 0 bridgehead atoms. The van der Waals surface area contributed by atoms with E-state index in [4.69, 9.17) is 27.9 Å². The van der Waals surface area contributed by atoms with Crippen LogP contribution in [-0.4, -0.2) is 24.0 Å². The summed E-state index contributed by atoms with van der Waals surface area (Å²) in [6, 6.07) is 11.3. The highest BCUT2D eigenvalue weighted by Gasteiger charge is 2.21. The summed E-state index contributed by atoms with van der Waals surface area (Å²) in [4.78, 5) is 13.8. The quantitative estimate of drug-likeness (QED) is 0.786. The Balaban J connectivity index is 2.04. The summed E-state index contributed by atoms with van der Waals surface area (Å²) in [6.07, 6.45) is -0.775. The van der Waals surface area contributed by atoms with E-state index in [1.165, 1.54) is 11.0 Å². The molecule has 0 spiro atoms. The van der Waals surface area contributed by atoms with Gasteiger partial charge in [-0.2, -0.15) is 0 Å². The van der Waals surface area contributed by atoms with E-state index in [-0.39, 0.29) is 23.3 Å². The maximum Gasteiger partial charge on any atom is 0.263 e. The number of carbonyl (C=O) groups is 1. The molecule has 122 valence electrons. The SMILES string of the molecule is CC(Oc1cccc(Cl)c1Cl)C(=O)N(C)Cc1ccccc1F. The maximum absolute atomic E-state index is 13.7. The minimum absolute atomic E-state index is 0.155. The lowest BCUT2D eigenvalue weighted by molar-refractivity contribution is -0.137. The van der Waals surface area contributed by atoms with Crippen molar-refractivity contribution in [2.75, 3.05) is 7.05 Å². The maximum atomic E-state index is 13.7. The molecule has 2 aromatic carbocycles. The fourth-order valence-corrected chi connectivity index (χ4v) is 2.42. The third-order valence-corrected chi connectivity index (χ3v) is 4.11. The molecule has 2 aromatic rings. The fraction of sp³-hybridized carbons (Fsp3) is 0.235. The van der Waals surface area contributed by atoms with Crippen molar-refractivity contribution in [3.05, 3.63) is 63.9 Å². The topological polar surface area (TPSA) is 29.5 Å². The Morgan fingerprint density at radius 1 is 1.22 bits per heavy atom. The molecule has 0 heterocycles. The first-order chi connectivity index (χ1) is 10.9. The van der Waals surface area contributed by atoms with Crippen molar-refractivity contribution in [3.8, 4) is 5.75 Å². The molecule has 2 rings (SSSR count). The number of benzene rings is 2. The fourth-order valence-electron chi connectivity index (χ4n) is 2.09. The molecule has 1 amide bonds. The highest BCUT2D eigenvalue weighted by Crippen LogP contribution is 2.32. The van der Waals surface area contributed by atoms with Gasteiger partial charge in [-0.15, -0.1) is 0 Å². The number of hydrogen-bond acceptors (Lipinski definition) is 2. The van der Waals surface area contributed by atoms with Crippen molar-refractivity contribution in [1.29, 1.82) is 0 Å². The molecule has 1 atom stereocenters. The smallest absolute Gasteiger partial charge is 0.263 e. The molecule has 0 N–H and O–H groups in total. The lowest BCUT2D eigenvalue weighted by Gasteiger charge is -2.23. The Bertz CT molecular complexity index is 709. The highest BCUT2D eigenvalue weighted by molar-refractivity contribution is 6.42. The number of likely N-dealkylation sites (N-methyl/N-ethyl adjacent to an activating group) is 1. The van der Waals surface area contributed by atoms with Gasteiger partial charge in [0.25, 0.3) is 5.91 Å². The Hall–Kier alpha value is -1.78. The number of ether oxygens (including phenoxy) is 1. The van der Waals surface area contributed by atoms with E-state index < -0.39 is 6.10 Å². The molecule has 6 heteroatoms. The van der Waals surface area contributed by atoms with Crippen LogP contribution >= 0.6 is 23.2 Å². The average Bonchev–Trinajstić information content (AvgIpc) is 2.53. The standard InChI is InChI=1S/C17H16Cl2FNO2/c1-11(23-15-9-5-7-13(18)16(15)19)17(22)21(2)10-12-6-3-4-8-14(12)20/h3-9,11H,10H2,1-2H3. The van der Waals surface area contributed by atoms with Crippen molar-refractivity contribution in [2.45, 2.75) is 19.6 Å². The Morgan fingerprint density at radius 3 is 2.61 bits per heavy atom. The predicted molar refractivity (Wildman–Crippen MR) is 89.4 cm³/mol. The third kappa shape index (κ3) is 4.36. The van der Waals surface area contributed by atoms with Gasteiger partial charge in [-0.25, -0.2) is 4.39 Å². The molecule has 0 aromatic heterocycles. The lowest BCUT2D eigenvalue weighted by atomic mass is 10.2. The van der Waals surface area contributed by atoms with Crippen LogP contribution in [-0.2, 0) is 11.3 Å². The van der Waals surface area contributed by atoms with E-state index in [1.54, 1.807) is 50.4 Å². The predicted octanol–water partition coefficient (Wildman–Crippen LogP) is 4.56. The van der Waals surface area contributed by atoms with Gasteiger partial charge in [0.2, 0.25) is 0 Å². The van der Waals surface area contributed by atoms with E-state index >= 15 is 0 Å². The number of rotatable bonds is 5. The first-order valence-electron chi connectivity index (χ1n) is 6.99. The summed E-state index contributed by atoms with van der Waals surface area (Å²) < 4.78 is 19.2. The Morgan fingerprint density at radius 2 is 1.91 bits per heavy atom. The minimum atomic E-state index is -0.775. The molecule has 0 radical (unpaired) electrons. The third-order valence-electron chi connectivity index (χ3n) is 3.31. The highest BCUT2D eigenvalue weighted by atomic mass is 35.5. The zero-order valence-electron chi connectivity index (χ0n) is 12.7. The first-order valence-corrected chi connectivity index (χ1v) is 7.74. The van der Waals surface area contributed by atoms with Crippen molar-refractivity contribution in [1.82, 2.24) is 4.90 Å². The number of amides is 1. The van der Waals surface area contributed by atoms with Crippen LogP contribution in [0.5, 0.6) is 5.75 Å². The number of halogens is 3. The molecule has 0 aliphatic heterocycles. The Kier molecular flexibility index (Phi) is 5.85. The van der Waals surface area contributed by atoms with Gasteiger partial charge >= 0.3 is 0 Å². The van der Waals surface area contributed by atoms with E-state index in [0.29, 0.717) is 16.3 Å². The molecule has 1 unspecified atom stereocenters. The first kappa shape index (κ1) is 17.6. The monoisotopic (exact) mass is 355 g/mol. The van der Waals surface area contributed by atoms with Crippen molar-refractivity contribution < 1.29 is 13.9 Å². The van der Waals surface area contributed by atoms with Crippen LogP contribution in [0.25, 0.3) is 0 Å². The van der Waals surface area contributed by atoms with E-state index in [9.17, 15) is 9.18 Å². The molecular formula is C17H16Cl2FNO2. The molecule has 0 saturated heterocycles. The second-order valence-corrected chi connectivity index (χ2v) is 5.88. The van der Waals surface area contributed by atoms with Gasteiger partial charge in [0.15, 0.2) is 6.10 Å². The lowest BCUT2D eigenvalue weighted by Crippen LogP contribution is -2.37. The van der Waals surface area contributed by atoms with Gasteiger partial charge in [0, 0.05) is 19.2 Å². The number of hydrogen-bond donors (Lipinski definition) is 0. The molecule has 0 saturated carbocycles. The van der Waals surface area contributed by atoms with Crippen molar-refractivity contribution >= 4 is 29.1 Å². The summed E-state index contributed by atoms with van der Waals surface area (Å²) in [7, 11) is 1.59. The van der Waals surface area contributed by atoms with Gasteiger partial charge in [-0.05, 0) is 25.1 Å². The molecular weight excluding hydrogens is 340 g/mol. The van der Waals surface area contributed by atoms with Crippen LogP contribution in [0.15, 0.2) is 42.5 Å². The zero-order valence-corrected chi connectivity index (χ0v) is 14.2. The number of nitrogens with zero attached hydrogens (tertiary/aromatic N) is 1. The van der Waals surface area contributed by atoms with Crippen LogP contribution in [0.2, 0.25) is 10.0 Å². The van der Waals surface area contributed by atoms with E-state index in [0.717, 1.165) is 0 Å². The second-order valence-electron chi connectivity index (χ2n) is 5.10. The normalized spacial score (nSPS) is 11.9. The minimum Gasteiger partial charge on any atom is -0.479 e. The van der Waals surface area contributed by atoms with Crippen LogP contribution < -0.4 is 4.74 Å². The van der Waals surface area contributed by atoms with Gasteiger partial charge < -0.3 is 9.64 Å². The summed E-state index contributed by atoms with van der Waals surface area (Å²) in [5, 5.41) is 0.606. The largest absolute Gasteiger partial charge is 0.479 e. The van der Waals surface area contributed by atoms with Crippen LogP contribution in [0.1, 0.15) is 12.5 Å². The van der Waals surface area contributed by atoms with Gasteiger partial charge in [-0.1, -0.05) is 47.5 Å². The van der Waals surface area contributed by atoms with Gasteiger partial charge in [0.1, 0.15) is 16.6 Å². The van der Waals surface area contributed by atoms with Crippen molar-refractivity contribution in [2.24, 2.45) is 0 Å². The molecule has 0 fully saturated rings. The van der Waals surface area contributed by atoms with Crippen LogP contribution in [0, 0.1) is 5.82 Å². The zero-order chi connectivity index (χ0) is 17.0. The van der Waals surface area contributed by atoms with Crippen LogP contribution in [0.4, 0.5) is 4.39 Å². The number of carbonyl (C=O) groups excluding carboxylic acids is 1.